The van der Waals surface area contributed by atoms with Crippen molar-refractivity contribution in [1.82, 2.24) is 10.6 Å². The standard InChI is InChI=1S/C12H12F4N2O2/c13-9-3-1-2-8(6-9)7-10(19)17-4-5-18-11(20)12(14,15)16/h1-3,6H,4-5,7H2,(H,17,19)(H,18,20). The van der Waals surface area contributed by atoms with Crippen molar-refractivity contribution in [2.75, 3.05) is 13.1 Å². The fourth-order valence-electron chi connectivity index (χ4n) is 1.37. The van der Waals surface area contributed by atoms with Gasteiger partial charge in [-0.05, 0) is 17.7 Å². The molecule has 0 aromatic heterocycles. The molecule has 1 rings (SSSR count). The highest BCUT2D eigenvalue weighted by molar-refractivity contribution is 5.82. The summed E-state index contributed by atoms with van der Waals surface area (Å²) in [5.74, 6) is -3.01. The Kier molecular flexibility index (Phi) is 5.48. The highest BCUT2D eigenvalue weighted by Gasteiger charge is 2.38. The summed E-state index contributed by atoms with van der Waals surface area (Å²) in [7, 11) is 0. The molecule has 0 atom stereocenters. The third-order valence-corrected chi connectivity index (χ3v) is 2.24. The molecule has 0 saturated carbocycles. The predicted octanol–water partition coefficient (Wildman–Crippen LogP) is 1.16. The van der Waals surface area contributed by atoms with Crippen molar-refractivity contribution in [2.24, 2.45) is 0 Å². The highest BCUT2D eigenvalue weighted by Crippen LogP contribution is 2.13. The first-order valence-electron chi connectivity index (χ1n) is 5.65. The molecule has 0 spiro atoms. The van der Waals surface area contributed by atoms with Crippen molar-refractivity contribution in [3.63, 3.8) is 0 Å². The molecular formula is C12H12F4N2O2. The number of halogens is 4. The molecule has 0 aliphatic heterocycles. The van der Waals surface area contributed by atoms with E-state index in [1.54, 1.807) is 11.4 Å². The number of alkyl halides is 3. The van der Waals surface area contributed by atoms with Crippen LogP contribution in [0.4, 0.5) is 17.6 Å². The minimum absolute atomic E-state index is 0.0923. The summed E-state index contributed by atoms with van der Waals surface area (Å²) in [6.07, 6.45) is -5.03. The summed E-state index contributed by atoms with van der Waals surface area (Å²) in [6.45, 7) is -0.483. The molecule has 0 aliphatic carbocycles. The van der Waals surface area contributed by atoms with Crippen molar-refractivity contribution in [1.29, 1.82) is 0 Å². The lowest BCUT2D eigenvalue weighted by atomic mass is 10.1. The lowest BCUT2D eigenvalue weighted by molar-refractivity contribution is -0.173. The van der Waals surface area contributed by atoms with Gasteiger partial charge in [0.05, 0.1) is 6.42 Å². The molecular weight excluding hydrogens is 280 g/mol. The maximum absolute atomic E-state index is 12.8. The molecule has 2 N–H and O–H groups in total. The summed E-state index contributed by atoms with van der Waals surface area (Å²) < 4.78 is 48.3. The van der Waals surface area contributed by atoms with Crippen LogP contribution in [0.2, 0.25) is 0 Å². The number of nitrogens with one attached hydrogen (secondary N) is 2. The fraction of sp³-hybridized carbons (Fsp3) is 0.333. The van der Waals surface area contributed by atoms with Gasteiger partial charge in [-0.1, -0.05) is 12.1 Å². The first-order chi connectivity index (χ1) is 9.29. The molecule has 0 heterocycles. The predicted molar refractivity (Wildman–Crippen MR) is 62.2 cm³/mol. The summed E-state index contributed by atoms with van der Waals surface area (Å²) >= 11 is 0. The summed E-state index contributed by atoms with van der Waals surface area (Å²) in [6, 6.07) is 5.41. The van der Waals surface area contributed by atoms with E-state index in [-0.39, 0.29) is 19.5 Å². The molecule has 0 bridgehead atoms. The van der Waals surface area contributed by atoms with E-state index in [4.69, 9.17) is 0 Å². The molecule has 8 heteroatoms. The summed E-state index contributed by atoms with van der Waals surface area (Å²) in [5.41, 5.74) is 0.446. The van der Waals surface area contributed by atoms with Crippen molar-refractivity contribution >= 4 is 11.8 Å². The summed E-state index contributed by atoms with van der Waals surface area (Å²) in [5, 5.41) is 3.93. The second-order valence-corrected chi connectivity index (χ2v) is 3.91. The average Bonchev–Trinajstić information content (AvgIpc) is 2.33. The van der Waals surface area contributed by atoms with E-state index in [1.165, 1.54) is 18.2 Å². The minimum Gasteiger partial charge on any atom is -0.354 e. The van der Waals surface area contributed by atoms with Crippen LogP contribution in [0.5, 0.6) is 0 Å². The number of hydrogen-bond acceptors (Lipinski definition) is 2. The van der Waals surface area contributed by atoms with Crippen LogP contribution in [0.3, 0.4) is 0 Å². The van der Waals surface area contributed by atoms with E-state index in [0.717, 1.165) is 0 Å². The number of carbonyl (C=O) groups excluding carboxylic acids is 2. The van der Waals surface area contributed by atoms with E-state index in [9.17, 15) is 27.2 Å². The van der Waals surface area contributed by atoms with Gasteiger partial charge in [-0.25, -0.2) is 4.39 Å². The Bertz CT molecular complexity index is 489. The van der Waals surface area contributed by atoms with Gasteiger partial charge in [-0.15, -0.1) is 0 Å². The average molecular weight is 292 g/mol. The van der Waals surface area contributed by atoms with Gasteiger partial charge in [-0.2, -0.15) is 13.2 Å². The third kappa shape index (κ3) is 5.68. The van der Waals surface area contributed by atoms with Crippen molar-refractivity contribution in [3.05, 3.63) is 35.6 Å². The van der Waals surface area contributed by atoms with Crippen LogP contribution in [0, 0.1) is 5.82 Å². The Morgan fingerprint density at radius 2 is 1.75 bits per heavy atom. The van der Waals surface area contributed by atoms with Gasteiger partial charge >= 0.3 is 12.1 Å². The first-order valence-corrected chi connectivity index (χ1v) is 5.65. The highest BCUT2D eigenvalue weighted by atomic mass is 19.4. The minimum atomic E-state index is -4.94. The van der Waals surface area contributed by atoms with Crippen molar-refractivity contribution in [3.8, 4) is 0 Å². The zero-order valence-electron chi connectivity index (χ0n) is 10.3. The third-order valence-electron chi connectivity index (χ3n) is 2.24. The fourth-order valence-corrected chi connectivity index (χ4v) is 1.37. The first kappa shape index (κ1) is 15.9. The van der Waals surface area contributed by atoms with Crippen LogP contribution in [0.25, 0.3) is 0 Å². The lowest BCUT2D eigenvalue weighted by Gasteiger charge is -2.08. The molecule has 2 amide bonds. The molecule has 0 fully saturated rings. The molecule has 20 heavy (non-hydrogen) atoms. The van der Waals surface area contributed by atoms with Gasteiger partial charge in [0.2, 0.25) is 5.91 Å². The zero-order valence-corrected chi connectivity index (χ0v) is 10.3. The topological polar surface area (TPSA) is 58.2 Å². The number of carbonyl (C=O) groups is 2. The molecule has 0 saturated heterocycles. The number of hydrogen-bond donors (Lipinski definition) is 2. The van der Waals surface area contributed by atoms with Gasteiger partial charge in [-0.3, -0.25) is 9.59 Å². The Morgan fingerprint density at radius 1 is 1.10 bits per heavy atom. The van der Waals surface area contributed by atoms with Gasteiger partial charge in [0.1, 0.15) is 5.82 Å². The zero-order chi connectivity index (χ0) is 15.2. The van der Waals surface area contributed by atoms with Crippen LogP contribution >= 0.6 is 0 Å². The maximum atomic E-state index is 12.8. The van der Waals surface area contributed by atoms with Crippen LogP contribution < -0.4 is 10.6 Å². The maximum Gasteiger partial charge on any atom is 0.471 e. The Balaban J connectivity index is 2.26. The van der Waals surface area contributed by atoms with Gasteiger partial charge in [0, 0.05) is 13.1 Å². The second-order valence-electron chi connectivity index (χ2n) is 3.91. The molecule has 0 unspecified atom stereocenters. The van der Waals surface area contributed by atoms with E-state index in [1.807, 2.05) is 0 Å². The second kappa shape index (κ2) is 6.88. The van der Waals surface area contributed by atoms with Crippen LogP contribution in [0.1, 0.15) is 5.56 Å². The van der Waals surface area contributed by atoms with Gasteiger partial charge in [0.25, 0.3) is 0 Å². The van der Waals surface area contributed by atoms with E-state index in [0.29, 0.717) is 5.56 Å². The SMILES string of the molecule is O=C(Cc1cccc(F)c1)NCCNC(=O)C(F)(F)F. The van der Waals surface area contributed by atoms with Crippen LogP contribution in [0.15, 0.2) is 24.3 Å². The molecule has 110 valence electrons. The van der Waals surface area contributed by atoms with E-state index < -0.39 is 23.8 Å². The quantitative estimate of drug-likeness (QED) is 0.632. The van der Waals surface area contributed by atoms with Crippen LogP contribution in [-0.2, 0) is 16.0 Å². The smallest absolute Gasteiger partial charge is 0.354 e. The number of benzene rings is 1. The van der Waals surface area contributed by atoms with E-state index >= 15 is 0 Å². The monoisotopic (exact) mass is 292 g/mol. The Labute approximate surface area is 112 Å². The number of amides is 2. The molecule has 1 aromatic carbocycles. The molecule has 1 aromatic rings. The van der Waals surface area contributed by atoms with Gasteiger partial charge < -0.3 is 10.6 Å². The summed E-state index contributed by atoms with van der Waals surface area (Å²) in [4.78, 5) is 21.8. The van der Waals surface area contributed by atoms with E-state index in [2.05, 4.69) is 5.32 Å². The van der Waals surface area contributed by atoms with Crippen LogP contribution in [-0.4, -0.2) is 31.1 Å². The molecule has 0 aliphatic rings. The molecule has 0 radical (unpaired) electrons. The largest absolute Gasteiger partial charge is 0.471 e. The Morgan fingerprint density at radius 3 is 2.35 bits per heavy atom. The number of rotatable bonds is 5. The molecule has 4 nitrogen and oxygen atoms in total. The van der Waals surface area contributed by atoms with Crippen molar-refractivity contribution < 1.29 is 27.2 Å². The van der Waals surface area contributed by atoms with Gasteiger partial charge in [0.15, 0.2) is 0 Å². The Hall–Kier alpha value is -2.12. The lowest BCUT2D eigenvalue weighted by Crippen LogP contribution is -2.41. The van der Waals surface area contributed by atoms with Crippen molar-refractivity contribution in [2.45, 2.75) is 12.6 Å². The normalized spacial score (nSPS) is 11.0.